The van der Waals surface area contributed by atoms with Gasteiger partial charge in [0.05, 0.1) is 5.88 Å². The molecule has 0 saturated heterocycles. The Hall–Kier alpha value is -1.11. The number of fused-ring (bicyclic) bond motifs is 1. The summed E-state index contributed by atoms with van der Waals surface area (Å²) in [6.07, 6.45) is 7.57. The van der Waals surface area contributed by atoms with Crippen LogP contribution >= 0.6 is 11.6 Å². The molecule has 1 unspecified atom stereocenters. The van der Waals surface area contributed by atoms with Crippen LogP contribution in [0.4, 0.5) is 0 Å². The van der Waals surface area contributed by atoms with Gasteiger partial charge in [-0.15, -0.1) is 17.3 Å². The average molecular weight is 179 g/mol. The number of allylic oxidation sites excluding steroid dienone is 1. The normalized spacial score (nSPS) is 24.9. The lowest BCUT2D eigenvalue weighted by Gasteiger charge is -2.13. The third kappa shape index (κ3) is 1.27. The van der Waals surface area contributed by atoms with E-state index in [4.69, 9.17) is 11.6 Å². The Morgan fingerprint density at radius 2 is 2.50 bits per heavy atom. The molecule has 0 fully saturated rings. The highest BCUT2D eigenvalue weighted by Gasteiger charge is 2.14. The summed E-state index contributed by atoms with van der Waals surface area (Å²) in [5, 5.41) is 0. The summed E-state index contributed by atoms with van der Waals surface area (Å²) in [7, 11) is 0. The van der Waals surface area contributed by atoms with Gasteiger partial charge in [-0.05, 0) is 6.08 Å². The minimum absolute atomic E-state index is 0.0845. The standard InChI is InChI=1S/C9H7ClN2/c10-5-9-11-6-7-3-1-2-4-8(7)12-9/h1-2,4,6,8H,5H2. The number of halogens is 1. The molecule has 0 radical (unpaired) electrons. The van der Waals surface area contributed by atoms with Gasteiger partial charge in [0.2, 0.25) is 0 Å². The molecule has 0 aromatic rings. The highest BCUT2D eigenvalue weighted by molar-refractivity contribution is 6.29. The Morgan fingerprint density at radius 3 is 3.33 bits per heavy atom. The van der Waals surface area contributed by atoms with Gasteiger partial charge in [-0.3, -0.25) is 4.99 Å². The second kappa shape index (κ2) is 3.10. The molecule has 60 valence electrons. The first-order valence-corrected chi connectivity index (χ1v) is 4.23. The van der Waals surface area contributed by atoms with Crippen LogP contribution in [0.1, 0.15) is 0 Å². The monoisotopic (exact) mass is 178 g/mol. The summed E-state index contributed by atoms with van der Waals surface area (Å²) in [4.78, 5) is 8.37. The van der Waals surface area contributed by atoms with Crippen LogP contribution in [0.15, 0.2) is 39.5 Å². The van der Waals surface area contributed by atoms with Gasteiger partial charge in [0.25, 0.3) is 0 Å². The van der Waals surface area contributed by atoms with E-state index in [0.717, 1.165) is 5.57 Å². The number of hydrogen-bond acceptors (Lipinski definition) is 2. The topological polar surface area (TPSA) is 24.7 Å². The van der Waals surface area contributed by atoms with Gasteiger partial charge in [0.1, 0.15) is 11.9 Å². The summed E-state index contributed by atoms with van der Waals surface area (Å²) in [5.74, 6) is 1.07. The number of nitrogens with zero attached hydrogens (tertiary/aromatic N) is 2. The molecule has 2 nitrogen and oxygen atoms in total. The van der Waals surface area contributed by atoms with E-state index in [1.807, 2.05) is 18.2 Å². The Balaban J connectivity index is 2.36. The van der Waals surface area contributed by atoms with E-state index < -0.39 is 0 Å². The molecule has 0 amide bonds. The van der Waals surface area contributed by atoms with Crippen molar-refractivity contribution in [3.8, 4) is 0 Å². The van der Waals surface area contributed by atoms with E-state index in [1.54, 1.807) is 6.21 Å². The van der Waals surface area contributed by atoms with Gasteiger partial charge < -0.3 is 0 Å². The lowest BCUT2D eigenvalue weighted by molar-refractivity contribution is 0.976. The van der Waals surface area contributed by atoms with Crippen molar-refractivity contribution in [3.05, 3.63) is 29.5 Å². The predicted octanol–water partition coefficient (Wildman–Crippen LogP) is 1.73. The zero-order chi connectivity index (χ0) is 8.39. The molecule has 0 aromatic carbocycles. The number of aliphatic imine (C=N–C) groups is 2. The minimum atomic E-state index is 0.0845. The van der Waals surface area contributed by atoms with Gasteiger partial charge in [-0.1, -0.05) is 12.2 Å². The van der Waals surface area contributed by atoms with Crippen LogP contribution < -0.4 is 0 Å². The van der Waals surface area contributed by atoms with Crippen LogP contribution in [-0.2, 0) is 0 Å². The number of alkyl halides is 1. The number of hydrogen-bond donors (Lipinski definition) is 0. The first-order valence-electron chi connectivity index (χ1n) is 3.70. The first-order chi connectivity index (χ1) is 5.90. The van der Waals surface area contributed by atoms with Crippen LogP contribution in [0.5, 0.6) is 0 Å². The molecule has 1 heterocycles. The highest BCUT2D eigenvalue weighted by Crippen LogP contribution is 2.13. The zero-order valence-corrected chi connectivity index (χ0v) is 7.12. The molecule has 1 aliphatic heterocycles. The van der Waals surface area contributed by atoms with E-state index in [0.29, 0.717) is 11.7 Å². The van der Waals surface area contributed by atoms with E-state index in [1.165, 1.54) is 0 Å². The first kappa shape index (κ1) is 7.53. The van der Waals surface area contributed by atoms with Crippen LogP contribution in [0.25, 0.3) is 0 Å². The lowest BCUT2D eigenvalue weighted by Crippen LogP contribution is -2.16. The zero-order valence-electron chi connectivity index (χ0n) is 6.37. The molecule has 1 atom stereocenters. The van der Waals surface area contributed by atoms with Crippen LogP contribution in [-0.4, -0.2) is 24.0 Å². The molecule has 3 heteroatoms. The van der Waals surface area contributed by atoms with Gasteiger partial charge in [0.15, 0.2) is 0 Å². The summed E-state index contributed by atoms with van der Waals surface area (Å²) in [6.45, 7) is 0. The molecule has 2 aliphatic rings. The van der Waals surface area contributed by atoms with Gasteiger partial charge in [-0.25, -0.2) is 4.99 Å². The molecule has 1 aliphatic carbocycles. The maximum atomic E-state index is 5.61. The van der Waals surface area contributed by atoms with Crippen LogP contribution in [0, 0.1) is 0 Å². The van der Waals surface area contributed by atoms with Crippen molar-refractivity contribution < 1.29 is 0 Å². The maximum Gasteiger partial charge on any atom is 0.139 e. The van der Waals surface area contributed by atoms with Gasteiger partial charge in [0, 0.05) is 11.8 Å². The summed E-state index contributed by atoms with van der Waals surface area (Å²) >= 11 is 5.61. The molecule has 0 spiro atoms. The van der Waals surface area contributed by atoms with Crippen molar-refractivity contribution in [2.45, 2.75) is 6.04 Å². The van der Waals surface area contributed by atoms with Crippen LogP contribution in [0.3, 0.4) is 0 Å². The molecule has 12 heavy (non-hydrogen) atoms. The lowest BCUT2D eigenvalue weighted by atomic mass is 10.1. The van der Waals surface area contributed by atoms with Crippen molar-refractivity contribution in [1.29, 1.82) is 0 Å². The molecular weight excluding hydrogens is 172 g/mol. The van der Waals surface area contributed by atoms with Gasteiger partial charge in [-0.2, -0.15) is 0 Å². The molecule has 0 bridgehead atoms. The van der Waals surface area contributed by atoms with E-state index >= 15 is 0 Å². The molecule has 0 aromatic heterocycles. The third-order valence-corrected chi connectivity index (χ3v) is 1.96. The molecular formula is C9H7ClN2. The second-order valence-electron chi connectivity index (χ2n) is 2.53. The Kier molecular flexibility index (Phi) is 1.94. The fraction of sp³-hybridized carbons (Fsp3) is 0.222. The fourth-order valence-electron chi connectivity index (χ4n) is 1.13. The minimum Gasteiger partial charge on any atom is -0.256 e. The van der Waals surface area contributed by atoms with E-state index in [2.05, 4.69) is 15.7 Å². The van der Waals surface area contributed by atoms with Crippen molar-refractivity contribution >= 4 is 23.7 Å². The average Bonchev–Trinajstić information content (AvgIpc) is 2.17. The molecule has 2 rings (SSSR count). The summed E-state index contributed by atoms with van der Waals surface area (Å²) in [6, 6.07) is 0.0845. The van der Waals surface area contributed by atoms with Crippen molar-refractivity contribution in [3.63, 3.8) is 0 Å². The van der Waals surface area contributed by atoms with Gasteiger partial charge >= 0.3 is 0 Å². The molecule has 0 saturated carbocycles. The number of rotatable bonds is 1. The second-order valence-corrected chi connectivity index (χ2v) is 2.80. The fourth-order valence-corrected chi connectivity index (χ4v) is 1.27. The maximum absolute atomic E-state index is 5.61. The van der Waals surface area contributed by atoms with Crippen molar-refractivity contribution in [1.82, 2.24) is 0 Å². The smallest absolute Gasteiger partial charge is 0.139 e. The Labute approximate surface area is 75.7 Å². The highest BCUT2D eigenvalue weighted by atomic mass is 35.5. The largest absolute Gasteiger partial charge is 0.256 e. The van der Waals surface area contributed by atoms with E-state index in [-0.39, 0.29) is 6.04 Å². The Morgan fingerprint density at radius 1 is 1.58 bits per heavy atom. The summed E-state index contributed by atoms with van der Waals surface area (Å²) < 4.78 is 0. The predicted molar refractivity (Wildman–Crippen MR) is 51.2 cm³/mol. The third-order valence-electron chi connectivity index (χ3n) is 1.72. The number of amidine groups is 1. The Bertz CT molecular complexity index is 344. The SMILES string of the molecule is ClCC1=NC2C=CC=C=C2C=N1. The van der Waals surface area contributed by atoms with Crippen LogP contribution in [0.2, 0.25) is 0 Å². The van der Waals surface area contributed by atoms with E-state index in [9.17, 15) is 0 Å². The van der Waals surface area contributed by atoms with Crippen molar-refractivity contribution in [2.24, 2.45) is 9.98 Å². The molecule has 0 N–H and O–H groups in total. The summed E-state index contributed by atoms with van der Waals surface area (Å²) in [5.41, 5.74) is 4.08. The van der Waals surface area contributed by atoms with Crippen molar-refractivity contribution in [2.75, 3.05) is 5.88 Å². The quantitative estimate of drug-likeness (QED) is 0.432.